The quantitative estimate of drug-likeness (QED) is 0.329. The SMILES string of the molecule is COCCn1c(C)cc(C=C(C#N)C(=O)OCC(=O)N2CCN(C(=O)c3ccco3)CC2)c1C. The zero-order chi connectivity index (χ0) is 24.7. The average Bonchev–Trinajstić information content (AvgIpc) is 3.47. The van der Waals surface area contributed by atoms with Gasteiger partial charge in [0, 0.05) is 51.2 Å². The van der Waals surface area contributed by atoms with Gasteiger partial charge < -0.3 is 28.3 Å². The Labute approximate surface area is 197 Å². The Hall–Kier alpha value is -3.84. The number of aromatic nitrogens is 1. The van der Waals surface area contributed by atoms with Crippen LogP contribution in [0.5, 0.6) is 0 Å². The first kappa shape index (κ1) is 24.8. The summed E-state index contributed by atoms with van der Waals surface area (Å²) in [6, 6.07) is 6.98. The van der Waals surface area contributed by atoms with Gasteiger partial charge in [0.15, 0.2) is 12.4 Å². The molecule has 2 amide bonds. The molecule has 10 nitrogen and oxygen atoms in total. The number of nitrogens with zero attached hydrogens (tertiary/aromatic N) is 4. The van der Waals surface area contributed by atoms with Gasteiger partial charge in [0.2, 0.25) is 0 Å². The monoisotopic (exact) mass is 468 g/mol. The summed E-state index contributed by atoms with van der Waals surface area (Å²) in [4.78, 5) is 40.4. The van der Waals surface area contributed by atoms with E-state index in [2.05, 4.69) is 0 Å². The van der Waals surface area contributed by atoms with E-state index >= 15 is 0 Å². The van der Waals surface area contributed by atoms with Crippen molar-refractivity contribution < 1.29 is 28.3 Å². The molecule has 0 N–H and O–H groups in total. The van der Waals surface area contributed by atoms with Crippen LogP contribution in [0.3, 0.4) is 0 Å². The second-order valence-electron chi connectivity index (χ2n) is 7.87. The molecule has 0 atom stereocenters. The molecule has 0 spiro atoms. The van der Waals surface area contributed by atoms with Crippen LogP contribution in [0.25, 0.3) is 6.08 Å². The predicted molar refractivity (Wildman–Crippen MR) is 122 cm³/mol. The van der Waals surface area contributed by atoms with E-state index in [0.29, 0.717) is 39.3 Å². The smallest absolute Gasteiger partial charge is 0.349 e. The number of nitriles is 1. The van der Waals surface area contributed by atoms with Gasteiger partial charge in [-0.1, -0.05) is 0 Å². The van der Waals surface area contributed by atoms with E-state index in [1.807, 2.05) is 30.6 Å². The fraction of sp³-hybridized carbons (Fsp3) is 0.417. The summed E-state index contributed by atoms with van der Waals surface area (Å²) in [7, 11) is 1.63. The Morgan fingerprint density at radius 1 is 1.18 bits per heavy atom. The third kappa shape index (κ3) is 5.74. The molecule has 3 heterocycles. The zero-order valence-electron chi connectivity index (χ0n) is 19.6. The van der Waals surface area contributed by atoms with Crippen molar-refractivity contribution in [1.29, 1.82) is 5.26 Å². The first-order chi connectivity index (χ1) is 16.3. The molecular formula is C24H28N4O6. The maximum atomic E-state index is 12.5. The Morgan fingerprint density at radius 3 is 2.50 bits per heavy atom. The second kappa shape index (κ2) is 11.3. The van der Waals surface area contributed by atoms with Crippen molar-refractivity contribution in [2.45, 2.75) is 20.4 Å². The number of carbonyl (C=O) groups excluding carboxylic acids is 3. The summed E-state index contributed by atoms with van der Waals surface area (Å²) in [5.41, 5.74) is 2.42. The molecule has 180 valence electrons. The summed E-state index contributed by atoms with van der Waals surface area (Å²) in [5.74, 6) is -1.21. The molecule has 1 saturated heterocycles. The van der Waals surface area contributed by atoms with Gasteiger partial charge in [-0.2, -0.15) is 5.26 Å². The molecule has 0 unspecified atom stereocenters. The van der Waals surface area contributed by atoms with E-state index < -0.39 is 12.6 Å². The number of ether oxygens (including phenoxy) is 2. The lowest BCUT2D eigenvalue weighted by Crippen LogP contribution is -2.51. The number of furan rings is 1. The minimum Gasteiger partial charge on any atom is -0.459 e. The molecular weight excluding hydrogens is 440 g/mol. The first-order valence-electron chi connectivity index (χ1n) is 10.9. The van der Waals surface area contributed by atoms with Gasteiger partial charge in [-0.05, 0) is 43.7 Å². The second-order valence-corrected chi connectivity index (χ2v) is 7.87. The molecule has 10 heteroatoms. The lowest BCUT2D eigenvalue weighted by molar-refractivity contribution is -0.149. The molecule has 0 aliphatic carbocycles. The van der Waals surface area contributed by atoms with Crippen molar-refractivity contribution in [1.82, 2.24) is 14.4 Å². The molecule has 1 aliphatic heterocycles. The fourth-order valence-corrected chi connectivity index (χ4v) is 3.80. The van der Waals surface area contributed by atoms with Crippen LogP contribution < -0.4 is 0 Å². The predicted octanol–water partition coefficient (Wildman–Crippen LogP) is 1.78. The van der Waals surface area contributed by atoms with Gasteiger partial charge in [-0.25, -0.2) is 4.79 Å². The highest BCUT2D eigenvalue weighted by Gasteiger charge is 2.27. The fourth-order valence-electron chi connectivity index (χ4n) is 3.80. The van der Waals surface area contributed by atoms with Crippen LogP contribution in [0, 0.1) is 25.2 Å². The molecule has 0 saturated carbocycles. The topological polar surface area (TPSA) is 118 Å². The van der Waals surface area contributed by atoms with Crippen LogP contribution in [-0.4, -0.2) is 78.7 Å². The molecule has 2 aromatic rings. The van der Waals surface area contributed by atoms with Crippen LogP contribution in [-0.2, 0) is 25.6 Å². The van der Waals surface area contributed by atoms with E-state index in [1.54, 1.807) is 24.1 Å². The van der Waals surface area contributed by atoms with E-state index in [9.17, 15) is 19.6 Å². The summed E-state index contributed by atoms with van der Waals surface area (Å²) < 4.78 is 17.4. The number of carbonyl (C=O) groups is 3. The molecule has 1 fully saturated rings. The average molecular weight is 469 g/mol. The number of methoxy groups -OCH3 is 1. The van der Waals surface area contributed by atoms with Gasteiger partial charge in [0.05, 0.1) is 12.9 Å². The lowest BCUT2D eigenvalue weighted by atomic mass is 10.1. The van der Waals surface area contributed by atoms with Crippen LogP contribution in [0.1, 0.15) is 27.5 Å². The minimum absolute atomic E-state index is 0.186. The van der Waals surface area contributed by atoms with Crippen LogP contribution >= 0.6 is 0 Å². The molecule has 34 heavy (non-hydrogen) atoms. The number of aryl methyl sites for hydroxylation is 1. The van der Waals surface area contributed by atoms with Gasteiger partial charge in [-0.3, -0.25) is 9.59 Å². The molecule has 0 bridgehead atoms. The van der Waals surface area contributed by atoms with Gasteiger partial charge in [0.1, 0.15) is 11.6 Å². The highest BCUT2D eigenvalue weighted by atomic mass is 16.5. The Morgan fingerprint density at radius 2 is 1.88 bits per heavy atom. The van der Waals surface area contributed by atoms with Crippen LogP contribution in [0.2, 0.25) is 0 Å². The van der Waals surface area contributed by atoms with Gasteiger partial charge in [-0.15, -0.1) is 0 Å². The molecule has 1 aliphatic rings. The summed E-state index contributed by atoms with van der Waals surface area (Å²) in [6.07, 6.45) is 2.90. The largest absolute Gasteiger partial charge is 0.459 e. The van der Waals surface area contributed by atoms with Crippen molar-refractivity contribution in [2.75, 3.05) is 46.5 Å². The molecule has 0 radical (unpaired) electrons. The van der Waals surface area contributed by atoms with Crippen molar-refractivity contribution in [3.8, 4) is 6.07 Å². The highest BCUT2D eigenvalue weighted by Crippen LogP contribution is 2.19. The molecule has 0 aromatic carbocycles. The van der Waals surface area contributed by atoms with Gasteiger partial charge in [0.25, 0.3) is 11.8 Å². The van der Waals surface area contributed by atoms with E-state index in [-0.39, 0.29) is 23.1 Å². The van der Waals surface area contributed by atoms with Gasteiger partial charge >= 0.3 is 5.97 Å². The number of amides is 2. The Kier molecular flexibility index (Phi) is 8.27. The third-order valence-corrected chi connectivity index (χ3v) is 5.75. The van der Waals surface area contributed by atoms with E-state index in [1.165, 1.54) is 17.2 Å². The number of esters is 1. The van der Waals surface area contributed by atoms with Crippen molar-refractivity contribution in [2.24, 2.45) is 0 Å². The lowest BCUT2D eigenvalue weighted by Gasteiger charge is -2.34. The summed E-state index contributed by atoms with van der Waals surface area (Å²) in [5, 5.41) is 9.45. The third-order valence-electron chi connectivity index (χ3n) is 5.75. The maximum absolute atomic E-state index is 12.5. The van der Waals surface area contributed by atoms with E-state index in [4.69, 9.17) is 13.9 Å². The number of piperazine rings is 1. The summed E-state index contributed by atoms with van der Waals surface area (Å²) in [6.45, 7) is 5.89. The van der Waals surface area contributed by atoms with Crippen LogP contribution in [0.15, 0.2) is 34.5 Å². The van der Waals surface area contributed by atoms with E-state index in [0.717, 1.165) is 17.0 Å². The molecule has 2 aromatic heterocycles. The van der Waals surface area contributed by atoms with Crippen molar-refractivity contribution >= 4 is 23.9 Å². The number of rotatable bonds is 8. The minimum atomic E-state index is -0.857. The molecule has 3 rings (SSSR count). The Bertz CT molecular complexity index is 1100. The number of hydrogen-bond donors (Lipinski definition) is 0. The summed E-state index contributed by atoms with van der Waals surface area (Å²) >= 11 is 0. The Balaban J connectivity index is 1.54. The number of hydrogen-bond acceptors (Lipinski definition) is 7. The first-order valence-corrected chi connectivity index (χ1v) is 10.9. The maximum Gasteiger partial charge on any atom is 0.349 e. The highest BCUT2D eigenvalue weighted by molar-refractivity contribution is 5.99. The zero-order valence-corrected chi connectivity index (χ0v) is 19.6. The standard InChI is InChI=1S/C24H28N4O6/c1-17-13-19(18(2)28(17)10-12-32-3)14-20(15-25)24(31)34-16-22(29)26-6-8-27(9-7-26)23(30)21-5-4-11-33-21/h4-5,11,13-14H,6-10,12,16H2,1-3H3. The normalized spacial score (nSPS) is 14.1. The van der Waals surface area contributed by atoms with Crippen LogP contribution in [0.4, 0.5) is 0 Å². The van der Waals surface area contributed by atoms with Crippen molar-refractivity contribution in [3.05, 3.63) is 52.7 Å². The van der Waals surface area contributed by atoms with Crippen molar-refractivity contribution in [3.63, 3.8) is 0 Å².